The van der Waals surface area contributed by atoms with Gasteiger partial charge >= 0.3 is 5.69 Å². The summed E-state index contributed by atoms with van der Waals surface area (Å²) >= 11 is 0. The molecule has 1 saturated carbocycles. The number of benzene rings is 1. The van der Waals surface area contributed by atoms with Crippen molar-refractivity contribution in [3.8, 4) is 11.3 Å². The van der Waals surface area contributed by atoms with Gasteiger partial charge in [0, 0.05) is 6.20 Å². The van der Waals surface area contributed by atoms with Crippen LogP contribution in [0.5, 0.6) is 0 Å². The maximum Gasteiger partial charge on any atom is 0.325 e. The van der Waals surface area contributed by atoms with Crippen molar-refractivity contribution in [2.24, 2.45) is 0 Å². The van der Waals surface area contributed by atoms with Crippen molar-refractivity contribution in [2.75, 3.05) is 0 Å². The number of aromatic amines is 2. The highest BCUT2D eigenvalue weighted by molar-refractivity contribution is 5.58. The van der Waals surface area contributed by atoms with Gasteiger partial charge in [0.25, 0.3) is 5.56 Å². The Labute approximate surface area is 137 Å². The number of aryl methyl sites for hydroxylation is 1. The molecule has 0 bridgehead atoms. The number of nitrogens with zero attached hydrogens (tertiary/aromatic N) is 2. The van der Waals surface area contributed by atoms with E-state index in [1.165, 1.54) is 11.8 Å². The molecule has 2 aromatic heterocycles. The first-order valence-corrected chi connectivity index (χ1v) is 7.85. The second kappa shape index (κ2) is 5.56. The van der Waals surface area contributed by atoms with Gasteiger partial charge in [-0.25, -0.2) is 4.79 Å². The Morgan fingerprint density at radius 1 is 1.08 bits per heavy atom. The Bertz CT molecular complexity index is 1010. The molecule has 1 fully saturated rings. The molecule has 0 amide bonds. The van der Waals surface area contributed by atoms with Crippen LogP contribution in [-0.4, -0.2) is 20.2 Å². The van der Waals surface area contributed by atoms with Crippen molar-refractivity contribution in [2.45, 2.75) is 25.2 Å². The Kier molecular flexibility index (Phi) is 3.37. The number of nitrogens with one attached hydrogen (secondary N) is 2. The summed E-state index contributed by atoms with van der Waals surface area (Å²) in [6.07, 6.45) is 2.45. The van der Waals surface area contributed by atoms with Crippen molar-refractivity contribution in [3.63, 3.8) is 0 Å². The Morgan fingerprint density at radius 2 is 1.88 bits per heavy atom. The molecule has 4 rings (SSSR count). The minimum atomic E-state index is -0.532. The van der Waals surface area contributed by atoms with E-state index in [-0.39, 0.29) is 0 Å². The highest BCUT2D eigenvalue weighted by Crippen LogP contribution is 2.55. The third-order valence-corrected chi connectivity index (χ3v) is 4.53. The zero-order chi connectivity index (χ0) is 16.7. The van der Waals surface area contributed by atoms with Gasteiger partial charge in [-0.15, -0.1) is 5.10 Å². The second-order valence-electron chi connectivity index (χ2n) is 6.12. The van der Waals surface area contributed by atoms with E-state index in [4.69, 9.17) is 0 Å². The van der Waals surface area contributed by atoms with Crippen LogP contribution in [0.3, 0.4) is 0 Å². The molecular formula is C18H16N4O2. The van der Waals surface area contributed by atoms with E-state index in [0.717, 1.165) is 17.7 Å². The lowest BCUT2D eigenvalue weighted by atomic mass is 10.0. The number of aromatic nitrogens is 4. The first-order chi connectivity index (χ1) is 11.6. The van der Waals surface area contributed by atoms with E-state index in [0.29, 0.717) is 23.1 Å². The summed E-state index contributed by atoms with van der Waals surface area (Å²) in [5.74, 6) is 0.874. The van der Waals surface area contributed by atoms with Crippen molar-refractivity contribution in [1.82, 2.24) is 20.2 Å². The monoisotopic (exact) mass is 320 g/mol. The highest BCUT2D eigenvalue weighted by Gasteiger charge is 2.40. The summed E-state index contributed by atoms with van der Waals surface area (Å²) in [7, 11) is 0. The minimum absolute atomic E-state index is 0.320. The predicted octanol–water partition coefficient (Wildman–Crippen LogP) is 2.10. The van der Waals surface area contributed by atoms with Crippen LogP contribution in [0.1, 0.15) is 35.1 Å². The topological polar surface area (TPSA) is 91.5 Å². The third kappa shape index (κ3) is 2.56. The number of rotatable bonds is 3. The SMILES string of the molecule is Cc1nnc(-c2c[nH]c(=O)[nH]c2=O)cc1[C@H]1C[C@@H]1c1ccccc1. The average molecular weight is 320 g/mol. The average Bonchev–Trinajstić information content (AvgIpc) is 3.37. The molecular weight excluding hydrogens is 304 g/mol. The van der Waals surface area contributed by atoms with Crippen molar-refractivity contribution < 1.29 is 0 Å². The van der Waals surface area contributed by atoms with Gasteiger partial charge in [0.15, 0.2) is 0 Å². The molecule has 0 aliphatic heterocycles. The zero-order valence-electron chi connectivity index (χ0n) is 13.1. The molecule has 2 N–H and O–H groups in total. The maximum absolute atomic E-state index is 12.0. The summed E-state index contributed by atoms with van der Waals surface area (Å²) in [6.45, 7) is 1.93. The van der Waals surface area contributed by atoms with Crippen LogP contribution in [-0.2, 0) is 0 Å². The Balaban J connectivity index is 1.71. The number of hydrogen-bond donors (Lipinski definition) is 2. The molecule has 1 aliphatic rings. The fourth-order valence-electron chi connectivity index (χ4n) is 3.18. The van der Waals surface area contributed by atoms with E-state index in [9.17, 15) is 9.59 Å². The van der Waals surface area contributed by atoms with Crippen LogP contribution in [0.2, 0.25) is 0 Å². The van der Waals surface area contributed by atoms with E-state index in [1.807, 2.05) is 31.2 Å². The molecule has 0 saturated heterocycles. The van der Waals surface area contributed by atoms with Gasteiger partial charge in [-0.2, -0.15) is 5.10 Å². The molecule has 120 valence electrons. The Morgan fingerprint density at radius 3 is 2.62 bits per heavy atom. The van der Waals surface area contributed by atoms with Crippen LogP contribution in [0.4, 0.5) is 0 Å². The fraction of sp³-hybridized carbons (Fsp3) is 0.222. The van der Waals surface area contributed by atoms with Crippen LogP contribution in [0, 0.1) is 6.92 Å². The summed E-state index contributed by atoms with van der Waals surface area (Å²) in [4.78, 5) is 27.8. The van der Waals surface area contributed by atoms with Gasteiger partial charge in [0.1, 0.15) is 5.69 Å². The van der Waals surface area contributed by atoms with Crippen LogP contribution < -0.4 is 11.2 Å². The van der Waals surface area contributed by atoms with E-state index >= 15 is 0 Å². The second-order valence-corrected chi connectivity index (χ2v) is 6.12. The summed E-state index contributed by atoms with van der Waals surface area (Å²) in [5.41, 5.74) is 3.12. The predicted molar refractivity (Wildman–Crippen MR) is 90.0 cm³/mol. The van der Waals surface area contributed by atoms with E-state index < -0.39 is 11.2 Å². The summed E-state index contributed by atoms with van der Waals surface area (Å²) < 4.78 is 0. The normalized spacial score (nSPS) is 19.2. The fourth-order valence-corrected chi connectivity index (χ4v) is 3.18. The summed E-state index contributed by atoms with van der Waals surface area (Å²) in [5, 5.41) is 8.33. The first-order valence-electron chi connectivity index (χ1n) is 7.85. The minimum Gasteiger partial charge on any atom is -0.313 e. The Hall–Kier alpha value is -3.02. The molecule has 3 aromatic rings. The largest absolute Gasteiger partial charge is 0.325 e. The van der Waals surface area contributed by atoms with Crippen molar-refractivity contribution >= 4 is 0 Å². The van der Waals surface area contributed by atoms with Gasteiger partial charge in [-0.05, 0) is 42.4 Å². The molecule has 6 heteroatoms. The molecule has 1 aliphatic carbocycles. The first kappa shape index (κ1) is 14.6. The molecule has 6 nitrogen and oxygen atoms in total. The van der Waals surface area contributed by atoms with E-state index in [2.05, 4.69) is 32.3 Å². The van der Waals surface area contributed by atoms with Crippen LogP contribution in [0.15, 0.2) is 52.2 Å². The molecule has 2 heterocycles. The molecule has 0 spiro atoms. The summed E-state index contributed by atoms with van der Waals surface area (Å²) in [6, 6.07) is 12.3. The van der Waals surface area contributed by atoms with Gasteiger partial charge in [-0.1, -0.05) is 30.3 Å². The van der Waals surface area contributed by atoms with Gasteiger partial charge in [0.2, 0.25) is 0 Å². The van der Waals surface area contributed by atoms with E-state index in [1.54, 1.807) is 0 Å². The number of hydrogen-bond acceptors (Lipinski definition) is 4. The van der Waals surface area contributed by atoms with Gasteiger partial charge < -0.3 is 4.98 Å². The van der Waals surface area contributed by atoms with Crippen LogP contribution in [0.25, 0.3) is 11.3 Å². The molecule has 2 atom stereocenters. The van der Waals surface area contributed by atoms with Crippen molar-refractivity contribution in [1.29, 1.82) is 0 Å². The molecule has 1 aromatic carbocycles. The standard InChI is InChI=1S/C18H16N4O2/c1-10-12(14-7-13(14)11-5-3-2-4-6-11)8-16(22-21-10)15-9-19-18(24)20-17(15)23/h2-6,8-9,13-14H,7H2,1H3,(H2,19,20,23,24)/t13-,14-/m1/s1. The van der Waals surface area contributed by atoms with Gasteiger partial charge in [0.05, 0.1) is 11.3 Å². The molecule has 0 radical (unpaired) electrons. The number of H-pyrrole nitrogens is 2. The third-order valence-electron chi connectivity index (χ3n) is 4.53. The maximum atomic E-state index is 12.0. The highest BCUT2D eigenvalue weighted by atomic mass is 16.2. The van der Waals surface area contributed by atoms with Crippen molar-refractivity contribution in [3.05, 3.63) is 80.3 Å². The van der Waals surface area contributed by atoms with Crippen LogP contribution >= 0.6 is 0 Å². The lowest BCUT2D eigenvalue weighted by Gasteiger charge is -2.07. The lowest BCUT2D eigenvalue weighted by molar-refractivity contribution is 0.911. The van der Waals surface area contributed by atoms with Gasteiger partial charge in [-0.3, -0.25) is 9.78 Å². The lowest BCUT2D eigenvalue weighted by Crippen LogP contribution is -2.23. The quantitative estimate of drug-likeness (QED) is 0.773. The zero-order valence-corrected chi connectivity index (χ0v) is 13.1. The smallest absolute Gasteiger partial charge is 0.313 e. The molecule has 24 heavy (non-hydrogen) atoms. The molecule has 0 unspecified atom stereocenters.